The topological polar surface area (TPSA) is 58.4 Å². The standard InChI is InChI=1S/C17H33N3O/c1-12(2)19-17(15(18)21,13-6-7-13)11-20-9-8-14(10-20)16(3,4)5/h12-14,19H,6-11H2,1-5H3,(H2,18,21). The summed E-state index contributed by atoms with van der Waals surface area (Å²) in [4.78, 5) is 14.7. The summed E-state index contributed by atoms with van der Waals surface area (Å²) in [6, 6.07) is 0.277. The van der Waals surface area contributed by atoms with Crippen LogP contribution in [0, 0.1) is 17.3 Å². The molecule has 122 valence electrons. The number of carbonyl (C=O) groups excluding carboxylic acids is 1. The highest BCUT2D eigenvalue weighted by atomic mass is 16.1. The maximum absolute atomic E-state index is 12.2. The van der Waals surface area contributed by atoms with Gasteiger partial charge in [0.25, 0.3) is 0 Å². The molecule has 2 fully saturated rings. The Hall–Kier alpha value is -0.610. The fraction of sp³-hybridized carbons (Fsp3) is 0.941. The highest BCUT2D eigenvalue weighted by molar-refractivity contribution is 5.86. The second-order valence-corrected chi connectivity index (χ2v) is 8.50. The van der Waals surface area contributed by atoms with Gasteiger partial charge in [-0.15, -0.1) is 0 Å². The second-order valence-electron chi connectivity index (χ2n) is 8.50. The fourth-order valence-electron chi connectivity index (χ4n) is 3.77. The molecule has 1 amide bonds. The first-order valence-electron chi connectivity index (χ1n) is 8.45. The van der Waals surface area contributed by atoms with Crippen molar-refractivity contribution in [3.63, 3.8) is 0 Å². The minimum absolute atomic E-state index is 0.169. The molecule has 0 spiro atoms. The summed E-state index contributed by atoms with van der Waals surface area (Å²) in [5, 5.41) is 3.52. The highest BCUT2D eigenvalue weighted by Crippen LogP contribution is 2.42. The van der Waals surface area contributed by atoms with Gasteiger partial charge in [0.1, 0.15) is 5.54 Å². The molecule has 3 N–H and O–H groups in total. The summed E-state index contributed by atoms with van der Waals surface area (Å²) in [7, 11) is 0. The van der Waals surface area contributed by atoms with Gasteiger partial charge in [0.15, 0.2) is 0 Å². The lowest BCUT2D eigenvalue weighted by molar-refractivity contribution is -0.126. The van der Waals surface area contributed by atoms with Crippen molar-refractivity contribution in [2.75, 3.05) is 19.6 Å². The van der Waals surface area contributed by atoms with Crippen molar-refractivity contribution in [1.29, 1.82) is 0 Å². The van der Waals surface area contributed by atoms with E-state index in [1.165, 1.54) is 6.42 Å². The third kappa shape index (κ3) is 3.78. The average Bonchev–Trinajstić information content (AvgIpc) is 3.07. The number of hydrogen-bond donors (Lipinski definition) is 2. The molecule has 0 bridgehead atoms. The van der Waals surface area contributed by atoms with Crippen molar-refractivity contribution in [3.8, 4) is 0 Å². The van der Waals surface area contributed by atoms with Crippen molar-refractivity contribution >= 4 is 5.91 Å². The van der Waals surface area contributed by atoms with E-state index in [-0.39, 0.29) is 11.9 Å². The van der Waals surface area contributed by atoms with Crippen LogP contribution in [-0.4, -0.2) is 42.0 Å². The smallest absolute Gasteiger partial charge is 0.239 e. The normalized spacial score (nSPS) is 27.0. The first kappa shape index (κ1) is 16.8. The Labute approximate surface area is 129 Å². The van der Waals surface area contributed by atoms with Gasteiger partial charge >= 0.3 is 0 Å². The molecule has 1 aliphatic heterocycles. The molecule has 2 rings (SSSR count). The van der Waals surface area contributed by atoms with Crippen LogP contribution in [0.4, 0.5) is 0 Å². The molecule has 0 aromatic carbocycles. The number of hydrogen-bond acceptors (Lipinski definition) is 3. The Balaban J connectivity index is 2.08. The van der Waals surface area contributed by atoms with Crippen LogP contribution in [-0.2, 0) is 4.79 Å². The van der Waals surface area contributed by atoms with E-state index in [2.05, 4.69) is 44.8 Å². The lowest BCUT2D eigenvalue weighted by Gasteiger charge is -2.38. The van der Waals surface area contributed by atoms with Crippen LogP contribution in [0.2, 0.25) is 0 Å². The Kier molecular flexibility index (Phi) is 4.69. The van der Waals surface area contributed by atoms with Crippen LogP contribution in [0.3, 0.4) is 0 Å². The minimum Gasteiger partial charge on any atom is -0.368 e. The molecule has 4 nitrogen and oxygen atoms in total. The number of likely N-dealkylation sites (tertiary alicyclic amines) is 1. The van der Waals surface area contributed by atoms with Gasteiger partial charge in [0, 0.05) is 19.1 Å². The van der Waals surface area contributed by atoms with Crippen LogP contribution in [0.25, 0.3) is 0 Å². The Morgan fingerprint density at radius 1 is 1.24 bits per heavy atom. The van der Waals surface area contributed by atoms with Crippen LogP contribution < -0.4 is 11.1 Å². The summed E-state index contributed by atoms with van der Waals surface area (Å²) in [5.74, 6) is 0.963. The van der Waals surface area contributed by atoms with Gasteiger partial charge in [-0.25, -0.2) is 0 Å². The largest absolute Gasteiger partial charge is 0.368 e. The van der Waals surface area contributed by atoms with Gasteiger partial charge in [-0.05, 0) is 56.9 Å². The lowest BCUT2D eigenvalue weighted by Crippen LogP contribution is -2.64. The van der Waals surface area contributed by atoms with Gasteiger partial charge in [-0.2, -0.15) is 0 Å². The molecule has 2 atom stereocenters. The number of primary amides is 1. The molecule has 0 aromatic rings. The monoisotopic (exact) mass is 295 g/mol. The maximum Gasteiger partial charge on any atom is 0.239 e. The van der Waals surface area contributed by atoms with Crippen LogP contribution >= 0.6 is 0 Å². The van der Waals surface area contributed by atoms with Crippen molar-refractivity contribution in [3.05, 3.63) is 0 Å². The summed E-state index contributed by atoms with van der Waals surface area (Å²) < 4.78 is 0. The predicted octanol–water partition coefficient (Wildman–Crippen LogP) is 1.99. The van der Waals surface area contributed by atoms with Crippen molar-refractivity contribution in [2.45, 2.75) is 65.5 Å². The van der Waals surface area contributed by atoms with Gasteiger partial charge in [0.2, 0.25) is 5.91 Å². The number of carbonyl (C=O) groups is 1. The third-order valence-corrected chi connectivity index (χ3v) is 5.23. The molecule has 0 aromatic heterocycles. The van der Waals surface area contributed by atoms with Gasteiger partial charge in [0.05, 0.1) is 0 Å². The van der Waals surface area contributed by atoms with E-state index in [1.54, 1.807) is 0 Å². The number of nitrogens with one attached hydrogen (secondary N) is 1. The van der Waals surface area contributed by atoms with E-state index in [4.69, 9.17) is 5.73 Å². The van der Waals surface area contributed by atoms with Crippen LogP contribution in [0.5, 0.6) is 0 Å². The Morgan fingerprint density at radius 3 is 2.24 bits per heavy atom. The molecule has 21 heavy (non-hydrogen) atoms. The van der Waals surface area contributed by atoms with E-state index in [0.717, 1.165) is 32.5 Å². The minimum atomic E-state index is -0.527. The predicted molar refractivity (Wildman–Crippen MR) is 86.9 cm³/mol. The van der Waals surface area contributed by atoms with Crippen LogP contribution in [0.1, 0.15) is 53.9 Å². The lowest BCUT2D eigenvalue weighted by atomic mass is 9.80. The van der Waals surface area contributed by atoms with Gasteiger partial charge in [-0.1, -0.05) is 20.8 Å². The zero-order valence-corrected chi connectivity index (χ0v) is 14.4. The van der Waals surface area contributed by atoms with Gasteiger partial charge < -0.3 is 10.6 Å². The molecule has 0 radical (unpaired) electrons. The highest BCUT2D eigenvalue weighted by Gasteiger charge is 2.51. The molecule has 1 saturated carbocycles. The first-order chi connectivity index (χ1) is 9.65. The Morgan fingerprint density at radius 2 is 1.86 bits per heavy atom. The fourth-order valence-corrected chi connectivity index (χ4v) is 3.77. The molecular weight excluding hydrogens is 262 g/mol. The SMILES string of the molecule is CC(C)NC(CN1CCC(C(C)(C)C)C1)(C(N)=O)C1CC1. The summed E-state index contributed by atoms with van der Waals surface area (Å²) in [6.07, 6.45) is 3.48. The number of amides is 1. The third-order valence-electron chi connectivity index (χ3n) is 5.23. The first-order valence-corrected chi connectivity index (χ1v) is 8.45. The Bertz CT molecular complexity index is 384. The van der Waals surface area contributed by atoms with E-state index in [0.29, 0.717) is 17.3 Å². The molecule has 2 aliphatic rings. The molecule has 2 unspecified atom stereocenters. The van der Waals surface area contributed by atoms with Crippen LogP contribution in [0.15, 0.2) is 0 Å². The van der Waals surface area contributed by atoms with Crippen molar-refractivity contribution < 1.29 is 4.79 Å². The molecule has 1 aliphatic carbocycles. The number of nitrogens with two attached hydrogens (primary N) is 1. The molecule has 4 heteroatoms. The van der Waals surface area contributed by atoms with E-state index < -0.39 is 5.54 Å². The average molecular weight is 295 g/mol. The molecule has 1 heterocycles. The van der Waals surface area contributed by atoms with E-state index >= 15 is 0 Å². The summed E-state index contributed by atoms with van der Waals surface area (Å²) >= 11 is 0. The van der Waals surface area contributed by atoms with E-state index in [1.807, 2.05) is 0 Å². The number of rotatable bonds is 6. The van der Waals surface area contributed by atoms with E-state index in [9.17, 15) is 4.79 Å². The van der Waals surface area contributed by atoms with Crippen molar-refractivity contribution in [1.82, 2.24) is 10.2 Å². The second kappa shape index (κ2) is 5.88. The van der Waals surface area contributed by atoms with Crippen molar-refractivity contribution in [2.24, 2.45) is 23.0 Å². The van der Waals surface area contributed by atoms with Gasteiger partial charge in [-0.3, -0.25) is 10.1 Å². The summed E-state index contributed by atoms with van der Waals surface area (Å²) in [6.45, 7) is 14.1. The maximum atomic E-state index is 12.2. The quantitative estimate of drug-likeness (QED) is 0.788. The molecular formula is C17H33N3O. The number of nitrogens with zero attached hydrogens (tertiary/aromatic N) is 1. The zero-order valence-electron chi connectivity index (χ0n) is 14.4. The summed E-state index contributed by atoms with van der Waals surface area (Å²) in [5.41, 5.74) is 5.65. The zero-order chi connectivity index (χ0) is 15.8. The molecule has 1 saturated heterocycles.